The molecule has 2 heterocycles. The number of carbonyl (C=O) groups excluding carboxylic acids is 1. The Kier molecular flexibility index (Phi) is 6.52. The topological polar surface area (TPSA) is 58.4 Å². The van der Waals surface area contributed by atoms with Crippen molar-refractivity contribution in [3.8, 4) is 11.3 Å². The van der Waals surface area contributed by atoms with Crippen LogP contribution in [-0.4, -0.2) is 42.1 Å². The summed E-state index contributed by atoms with van der Waals surface area (Å²) in [6, 6.07) is 5.19. The summed E-state index contributed by atoms with van der Waals surface area (Å²) in [5, 5.41) is 8.21. The zero-order chi connectivity index (χ0) is 16.4. The fraction of sp³-hybridized carbons (Fsp3) is 0.375. The summed E-state index contributed by atoms with van der Waals surface area (Å²) in [7, 11) is 0. The SMILES string of the molecule is Cc1onc(-c2c(Cl)cccc2Cl)c1C(=O)N1CCCNCC1.Cl. The van der Waals surface area contributed by atoms with E-state index in [2.05, 4.69) is 10.5 Å². The molecule has 1 amide bonds. The number of nitrogens with zero attached hydrogens (tertiary/aromatic N) is 2. The Morgan fingerprint density at radius 3 is 2.67 bits per heavy atom. The highest BCUT2D eigenvalue weighted by Crippen LogP contribution is 2.37. The maximum atomic E-state index is 13.0. The number of amides is 1. The Bertz CT molecular complexity index is 705. The molecule has 5 nitrogen and oxygen atoms in total. The van der Waals surface area contributed by atoms with E-state index >= 15 is 0 Å². The molecule has 1 aromatic heterocycles. The highest BCUT2D eigenvalue weighted by atomic mass is 35.5. The van der Waals surface area contributed by atoms with E-state index in [-0.39, 0.29) is 18.3 Å². The summed E-state index contributed by atoms with van der Waals surface area (Å²) in [4.78, 5) is 14.8. The van der Waals surface area contributed by atoms with Gasteiger partial charge in [0.25, 0.3) is 5.91 Å². The minimum Gasteiger partial charge on any atom is -0.360 e. The van der Waals surface area contributed by atoms with Crippen molar-refractivity contribution in [2.24, 2.45) is 0 Å². The lowest BCUT2D eigenvalue weighted by Crippen LogP contribution is -2.34. The molecule has 0 aliphatic carbocycles. The maximum absolute atomic E-state index is 13.0. The highest BCUT2D eigenvalue weighted by Gasteiger charge is 2.28. The van der Waals surface area contributed by atoms with Crippen LogP contribution < -0.4 is 5.32 Å². The van der Waals surface area contributed by atoms with Gasteiger partial charge in [0, 0.05) is 25.2 Å². The largest absolute Gasteiger partial charge is 0.360 e. The number of carbonyl (C=O) groups is 1. The van der Waals surface area contributed by atoms with Gasteiger partial charge in [-0.1, -0.05) is 34.4 Å². The Morgan fingerprint density at radius 1 is 1.25 bits per heavy atom. The number of rotatable bonds is 2. The van der Waals surface area contributed by atoms with E-state index in [9.17, 15) is 4.79 Å². The lowest BCUT2D eigenvalue weighted by molar-refractivity contribution is 0.0765. The normalized spacial score (nSPS) is 14.9. The third-order valence-corrected chi connectivity index (χ3v) is 4.53. The van der Waals surface area contributed by atoms with Crippen molar-refractivity contribution in [3.63, 3.8) is 0 Å². The van der Waals surface area contributed by atoms with E-state index in [1.54, 1.807) is 25.1 Å². The standard InChI is InChI=1S/C16H17Cl2N3O2.ClH/c1-10-13(16(22)21-8-3-6-19-7-9-21)15(20-23-10)14-11(17)4-2-5-12(14)18;/h2,4-5,19H,3,6-9H2,1H3;1H. The van der Waals surface area contributed by atoms with Crippen LogP contribution in [0.5, 0.6) is 0 Å². The van der Waals surface area contributed by atoms with Crippen LogP contribution >= 0.6 is 35.6 Å². The molecule has 0 unspecified atom stereocenters. The number of nitrogens with one attached hydrogen (secondary N) is 1. The molecule has 0 spiro atoms. The molecule has 1 saturated heterocycles. The van der Waals surface area contributed by atoms with E-state index < -0.39 is 0 Å². The zero-order valence-corrected chi connectivity index (χ0v) is 15.5. The molecule has 3 rings (SSSR count). The van der Waals surface area contributed by atoms with E-state index in [1.165, 1.54) is 0 Å². The fourth-order valence-corrected chi connectivity index (χ4v) is 3.30. The Hall–Kier alpha value is -1.27. The molecule has 1 N–H and O–H groups in total. The van der Waals surface area contributed by atoms with E-state index in [0.717, 1.165) is 19.5 Å². The lowest BCUT2D eigenvalue weighted by atomic mass is 10.0. The van der Waals surface area contributed by atoms with E-state index in [1.807, 2.05) is 4.90 Å². The maximum Gasteiger partial charge on any atom is 0.259 e. The van der Waals surface area contributed by atoms with Crippen LogP contribution in [0, 0.1) is 6.92 Å². The molecule has 1 aliphatic rings. The van der Waals surface area contributed by atoms with Gasteiger partial charge < -0.3 is 14.7 Å². The number of aromatic nitrogens is 1. The monoisotopic (exact) mass is 389 g/mol. The molecular weight excluding hydrogens is 373 g/mol. The molecule has 1 aromatic carbocycles. The number of benzene rings is 1. The van der Waals surface area contributed by atoms with Gasteiger partial charge in [-0.3, -0.25) is 4.79 Å². The van der Waals surface area contributed by atoms with Crippen LogP contribution in [0.3, 0.4) is 0 Å². The van der Waals surface area contributed by atoms with Gasteiger partial charge in [-0.2, -0.15) is 0 Å². The molecule has 24 heavy (non-hydrogen) atoms. The first kappa shape index (κ1) is 19.1. The highest BCUT2D eigenvalue weighted by molar-refractivity contribution is 6.39. The summed E-state index contributed by atoms with van der Waals surface area (Å²) in [5.74, 6) is 0.372. The van der Waals surface area contributed by atoms with E-state index in [4.69, 9.17) is 27.7 Å². The minimum absolute atomic E-state index is 0. The van der Waals surface area contributed by atoms with Crippen molar-refractivity contribution in [2.45, 2.75) is 13.3 Å². The van der Waals surface area contributed by atoms with Crippen LogP contribution in [0.15, 0.2) is 22.7 Å². The first-order chi connectivity index (χ1) is 11.1. The average molecular weight is 391 g/mol. The summed E-state index contributed by atoms with van der Waals surface area (Å²) in [6.07, 6.45) is 0.915. The van der Waals surface area contributed by atoms with Gasteiger partial charge in [0.15, 0.2) is 0 Å². The smallest absolute Gasteiger partial charge is 0.259 e. The van der Waals surface area contributed by atoms with Crippen molar-refractivity contribution < 1.29 is 9.32 Å². The molecular formula is C16H18Cl3N3O2. The van der Waals surface area contributed by atoms with Gasteiger partial charge in [-0.05, 0) is 32.0 Å². The van der Waals surface area contributed by atoms with Gasteiger partial charge in [-0.15, -0.1) is 12.4 Å². The molecule has 130 valence electrons. The molecule has 0 radical (unpaired) electrons. The number of halogens is 3. The molecule has 0 atom stereocenters. The van der Waals surface area contributed by atoms with Gasteiger partial charge in [0.2, 0.25) is 0 Å². The van der Waals surface area contributed by atoms with Crippen molar-refractivity contribution in [2.75, 3.05) is 26.2 Å². The average Bonchev–Trinajstić information content (AvgIpc) is 2.75. The third kappa shape index (κ3) is 3.70. The fourth-order valence-electron chi connectivity index (χ4n) is 2.73. The van der Waals surface area contributed by atoms with Gasteiger partial charge in [0.05, 0.1) is 10.0 Å². The molecule has 1 fully saturated rings. The lowest BCUT2D eigenvalue weighted by Gasteiger charge is -2.20. The minimum atomic E-state index is -0.0987. The predicted molar refractivity (Wildman–Crippen MR) is 97.3 cm³/mol. The van der Waals surface area contributed by atoms with Crippen molar-refractivity contribution in [1.29, 1.82) is 0 Å². The van der Waals surface area contributed by atoms with Crippen LogP contribution in [0.2, 0.25) is 10.0 Å². The van der Waals surface area contributed by atoms with Crippen LogP contribution in [0.1, 0.15) is 22.5 Å². The second-order valence-electron chi connectivity index (χ2n) is 5.45. The molecule has 0 saturated carbocycles. The predicted octanol–water partition coefficient (Wildman–Crippen LogP) is 3.81. The first-order valence-corrected chi connectivity index (χ1v) is 8.26. The van der Waals surface area contributed by atoms with Crippen molar-refractivity contribution >= 4 is 41.5 Å². The van der Waals surface area contributed by atoms with Gasteiger partial charge in [-0.25, -0.2) is 0 Å². The quantitative estimate of drug-likeness (QED) is 0.847. The summed E-state index contributed by atoms with van der Waals surface area (Å²) in [5.41, 5.74) is 1.37. The molecule has 8 heteroatoms. The van der Waals surface area contributed by atoms with Gasteiger partial charge >= 0.3 is 0 Å². The third-order valence-electron chi connectivity index (χ3n) is 3.90. The van der Waals surface area contributed by atoms with Crippen LogP contribution in [0.4, 0.5) is 0 Å². The van der Waals surface area contributed by atoms with Crippen molar-refractivity contribution in [1.82, 2.24) is 15.4 Å². The summed E-state index contributed by atoms with van der Waals surface area (Å²) >= 11 is 12.5. The second kappa shape index (κ2) is 8.21. The number of hydrogen-bond acceptors (Lipinski definition) is 4. The Labute approximate surface area is 156 Å². The first-order valence-electron chi connectivity index (χ1n) is 7.50. The molecule has 0 bridgehead atoms. The molecule has 1 aliphatic heterocycles. The van der Waals surface area contributed by atoms with Crippen LogP contribution in [0.25, 0.3) is 11.3 Å². The molecule has 2 aromatic rings. The van der Waals surface area contributed by atoms with Crippen LogP contribution in [-0.2, 0) is 0 Å². The number of aryl methyl sites for hydroxylation is 1. The van der Waals surface area contributed by atoms with Crippen molar-refractivity contribution in [3.05, 3.63) is 39.6 Å². The van der Waals surface area contributed by atoms with E-state index in [0.29, 0.717) is 45.7 Å². The number of hydrogen-bond donors (Lipinski definition) is 1. The van der Waals surface area contributed by atoms with Gasteiger partial charge in [0.1, 0.15) is 17.0 Å². The Balaban J connectivity index is 0.00000208. The Morgan fingerprint density at radius 2 is 1.96 bits per heavy atom. The zero-order valence-electron chi connectivity index (χ0n) is 13.1. The summed E-state index contributed by atoms with van der Waals surface area (Å²) in [6.45, 7) is 4.77. The second-order valence-corrected chi connectivity index (χ2v) is 6.27. The summed E-state index contributed by atoms with van der Waals surface area (Å²) < 4.78 is 5.27.